The molecule has 3 amide bonds. The Labute approximate surface area is 232 Å². The van der Waals surface area contributed by atoms with Crippen LogP contribution < -0.4 is 16.0 Å². The summed E-state index contributed by atoms with van der Waals surface area (Å²) in [4.78, 5) is 33.4. The second kappa shape index (κ2) is 29.8. The first-order chi connectivity index (χ1) is 18.2. The lowest BCUT2D eigenvalue weighted by Gasteiger charge is -2.05. The highest BCUT2D eigenvalue weighted by molar-refractivity contribution is 8.76. The summed E-state index contributed by atoms with van der Waals surface area (Å²) in [6.07, 6.45) is 32.8. The molecule has 37 heavy (non-hydrogen) atoms. The molecular weight excluding hydrogens is 502 g/mol. The normalized spacial score (nSPS) is 12.1. The summed E-state index contributed by atoms with van der Waals surface area (Å²) in [5, 5.41) is 8.16. The van der Waals surface area contributed by atoms with Crippen molar-refractivity contribution >= 4 is 39.8 Å². The minimum Gasteiger partial charge on any atom is -0.358 e. The van der Waals surface area contributed by atoms with Crippen LogP contribution in [0.4, 0.5) is 0 Å². The summed E-state index contributed by atoms with van der Waals surface area (Å²) < 4.78 is 0. The minimum absolute atomic E-state index is 0.0295. The molecule has 0 heterocycles. The van der Waals surface area contributed by atoms with Gasteiger partial charge in [0.25, 0.3) is 0 Å². The highest BCUT2D eigenvalue weighted by Gasteiger charge is 2.00. The van der Waals surface area contributed by atoms with Crippen molar-refractivity contribution in [2.75, 3.05) is 31.1 Å². The zero-order valence-corrected chi connectivity index (χ0v) is 23.9. The maximum atomic E-state index is 11.8. The molecule has 8 heteroatoms. The molecule has 0 unspecified atom stereocenters. The van der Waals surface area contributed by atoms with Crippen LogP contribution in [0.5, 0.6) is 0 Å². The van der Waals surface area contributed by atoms with Gasteiger partial charge in [0.2, 0.25) is 18.2 Å². The van der Waals surface area contributed by atoms with E-state index < -0.39 is 0 Å². The molecule has 0 radical (unpaired) electrons. The molecule has 0 spiro atoms. The lowest BCUT2D eigenvalue weighted by molar-refractivity contribution is -0.121. The third kappa shape index (κ3) is 29.7. The van der Waals surface area contributed by atoms with Gasteiger partial charge in [0.15, 0.2) is 0 Å². The molecule has 0 fully saturated rings. The van der Waals surface area contributed by atoms with Crippen LogP contribution in [0.1, 0.15) is 58.3 Å². The van der Waals surface area contributed by atoms with E-state index in [9.17, 15) is 14.4 Å². The fraction of sp³-hybridized carbons (Fsp3) is 0.483. The Morgan fingerprint density at radius 2 is 1.03 bits per heavy atom. The SMILES string of the molecule is CC/C=C\C/C=C\C/C=C\C/C=C\C/C=C\C/C=C\CC(=O)NCCSSCCNC(=O)CCNC=O. The Morgan fingerprint density at radius 3 is 1.49 bits per heavy atom. The molecule has 0 rings (SSSR count). The molecule has 0 aliphatic rings. The minimum atomic E-state index is -0.0680. The van der Waals surface area contributed by atoms with Crippen molar-refractivity contribution in [3.05, 3.63) is 72.9 Å². The molecule has 0 saturated carbocycles. The summed E-state index contributed by atoms with van der Waals surface area (Å²) in [7, 11) is 3.33. The van der Waals surface area contributed by atoms with Gasteiger partial charge in [-0.25, -0.2) is 0 Å². The van der Waals surface area contributed by atoms with Gasteiger partial charge in [0.05, 0.1) is 0 Å². The standard InChI is InChI=1S/C29H45N3O3S2/c1-2-3-4-5-6-7-8-9-10-11-12-13-14-15-16-17-18-19-20-28(34)31-23-25-36-37-26-24-32-29(35)21-22-30-27-33/h3-4,6-7,9-10,12-13,15-16,18-19,27H,2,5,8,11,14,17,20-26H2,1H3,(H,30,33)(H,31,34)(H,32,35)/b4-3-,7-6-,10-9-,13-12-,16-15-,19-18-. The highest BCUT2D eigenvalue weighted by atomic mass is 33.1. The maximum Gasteiger partial charge on any atom is 0.223 e. The maximum absolute atomic E-state index is 11.8. The van der Waals surface area contributed by atoms with Crippen LogP contribution in [-0.4, -0.2) is 49.4 Å². The number of amides is 3. The molecular formula is C29H45N3O3S2. The van der Waals surface area contributed by atoms with Crippen LogP contribution in [0, 0.1) is 0 Å². The van der Waals surface area contributed by atoms with Crippen LogP contribution in [0.15, 0.2) is 72.9 Å². The van der Waals surface area contributed by atoms with Gasteiger partial charge in [0.1, 0.15) is 0 Å². The lowest BCUT2D eigenvalue weighted by atomic mass is 10.2. The third-order valence-electron chi connectivity index (χ3n) is 4.58. The van der Waals surface area contributed by atoms with Crippen LogP contribution in [-0.2, 0) is 14.4 Å². The Hall–Kier alpha value is -2.45. The van der Waals surface area contributed by atoms with Gasteiger partial charge in [0, 0.05) is 44.0 Å². The average Bonchev–Trinajstić information content (AvgIpc) is 2.89. The molecule has 0 saturated heterocycles. The van der Waals surface area contributed by atoms with Gasteiger partial charge in [-0.1, -0.05) is 101 Å². The van der Waals surface area contributed by atoms with Gasteiger partial charge in [-0.05, 0) is 38.5 Å². The largest absolute Gasteiger partial charge is 0.358 e. The number of carbonyl (C=O) groups excluding carboxylic acids is 3. The summed E-state index contributed by atoms with van der Waals surface area (Å²) in [5.41, 5.74) is 0. The average molecular weight is 548 g/mol. The van der Waals surface area contributed by atoms with Crippen molar-refractivity contribution in [2.45, 2.75) is 58.3 Å². The predicted octanol–water partition coefficient (Wildman–Crippen LogP) is 5.82. The van der Waals surface area contributed by atoms with Gasteiger partial charge in [-0.2, -0.15) is 0 Å². The molecule has 206 valence electrons. The van der Waals surface area contributed by atoms with Crippen LogP contribution in [0.2, 0.25) is 0 Å². The second-order valence-corrected chi connectivity index (χ2v) is 10.5. The first-order valence-corrected chi connectivity index (χ1v) is 15.5. The monoisotopic (exact) mass is 547 g/mol. The zero-order valence-electron chi connectivity index (χ0n) is 22.2. The summed E-state index contributed by atoms with van der Waals surface area (Å²) in [5.74, 6) is 1.57. The van der Waals surface area contributed by atoms with E-state index in [-0.39, 0.29) is 11.8 Å². The van der Waals surface area contributed by atoms with Crippen molar-refractivity contribution in [2.24, 2.45) is 0 Å². The number of allylic oxidation sites excluding steroid dienone is 11. The number of carbonyl (C=O) groups is 3. The number of nitrogens with one attached hydrogen (secondary N) is 3. The molecule has 3 N–H and O–H groups in total. The van der Waals surface area contributed by atoms with Gasteiger partial charge in [-0.3, -0.25) is 14.4 Å². The van der Waals surface area contributed by atoms with Crippen molar-refractivity contribution in [3.63, 3.8) is 0 Å². The Bertz CT molecular complexity index is 759. The van der Waals surface area contributed by atoms with Gasteiger partial charge in [-0.15, -0.1) is 0 Å². The van der Waals surface area contributed by atoms with Crippen molar-refractivity contribution in [3.8, 4) is 0 Å². The summed E-state index contributed by atoms with van der Waals surface area (Å²) in [6.45, 7) is 3.72. The Kier molecular flexibility index (Phi) is 27.8. The van der Waals surface area contributed by atoms with Crippen LogP contribution in [0.3, 0.4) is 0 Å². The van der Waals surface area contributed by atoms with Gasteiger partial charge < -0.3 is 16.0 Å². The van der Waals surface area contributed by atoms with E-state index in [4.69, 9.17) is 0 Å². The lowest BCUT2D eigenvalue weighted by Crippen LogP contribution is -2.28. The molecule has 0 bridgehead atoms. The topological polar surface area (TPSA) is 87.3 Å². The Morgan fingerprint density at radius 1 is 0.595 bits per heavy atom. The van der Waals surface area contributed by atoms with Crippen LogP contribution >= 0.6 is 21.6 Å². The van der Waals surface area contributed by atoms with E-state index in [2.05, 4.69) is 83.6 Å². The predicted molar refractivity (Wildman–Crippen MR) is 162 cm³/mol. The molecule has 6 nitrogen and oxygen atoms in total. The van der Waals surface area contributed by atoms with E-state index in [1.165, 1.54) is 0 Å². The molecule has 0 aromatic heterocycles. The number of rotatable bonds is 24. The summed E-state index contributed by atoms with van der Waals surface area (Å²) in [6, 6.07) is 0. The molecule has 0 aromatic rings. The van der Waals surface area contributed by atoms with Crippen LogP contribution in [0.25, 0.3) is 0 Å². The first kappa shape index (κ1) is 34.6. The summed E-state index contributed by atoms with van der Waals surface area (Å²) >= 11 is 0. The van der Waals surface area contributed by atoms with Crippen molar-refractivity contribution in [1.82, 2.24) is 16.0 Å². The van der Waals surface area contributed by atoms with E-state index in [0.717, 1.165) is 50.0 Å². The van der Waals surface area contributed by atoms with Crippen molar-refractivity contribution in [1.29, 1.82) is 0 Å². The second-order valence-electron chi connectivity index (χ2n) is 7.79. The molecule has 0 atom stereocenters. The van der Waals surface area contributed by atoms with E-state index in [1.54, 1.807) is 21.6 Å². The number of hydrogen-bond acceptors (Lipinski definition) is 5. The highest BCUT2D eigenvalue weighted by Crippen LogP contribution is 2.19. The Balaban J connectivity index is 3.54. The molecule has 0 aliphatic carbocycles. The van der Waals surface area contributed by atoms with E-state index in [0.29, 0.717) is 38.9 Å². The zero-order chi connectivity index (χ0) is 27.1. The van der Waals surface area contributed by atoms with E-state index in [1.807, 2.05) is 12.2 Å². The smallest absolute Gasteiger partial charge is 0.223 e. The first-order valence-electron chi connectivity index (χ1n) is 13.1. The van der Waals surface area contributed by atoms with E-state index >= 15 is 0 Å². The fourth-order valence-electron chi connectivity index (χ4n) is 2.70. The fourth-order valence-corrected chi connectivity index (χ4v) is 4.51. The molecule has 0 aliphatic heterocycles. The van der Waals surface area contributed by atoms with Crippen molar-refractivity contribution < 1.29 is 14.4 Å². The quantitative estimate of drug-likeness (QED) is 0.0613. The third-order valence-corrected chi connectivity index (χ3v) is 6.99. The van der Waals surface area contributed by atoms with Gasteiger partial charge >= 0.3 is 0 Å². The molecule has 0 aromatic carbocycles. The number of hydrogen-bond donors (Lipinski definition) is 3.